The Kier molecular flexibility index (Phi) is 8.15. The molecule has 0 saturated carbocycles. The smallest absolute Gasteiger partial charge is 0.246 e. The summed E-state index contributed by atoms with van der Waals surface area (Å²) in [5.74, 6) is 0.664. The van der Waals surface area contributed by atoms with Crippen molar-refractivity contribution in [1.82, 2.24) is 29.5 Å². The molecule has 8 heteroatoms. The Bertz CT molecular complexity index is 1230. The van der Waals surface area contributed by atoms with Crippen LogP contribution in [0.25, 0.3) is 11.3 Å². The molecule has 1 amide bonds. The average molecular weight is 488 g/mol. The second-order valence-electron chi connectivity index (χ2n) is 9.53. The molecule has 1 aromatic carbocycles. The van der Waals surface area contributed by atoms with Gasteiger partial charge < -0.3 is 10.2 Å². The van der Waals surface area contributed by atoms with Gasteiger partial charge in [-0.2, -0.15) is 5.10 Å². The maximum atomic E-state index is 12.2. The summed E-state index contributed by atoms with van der Waals surface area (Å²) in [7, 11) is 0. The predicted molar refractivity (Wildman–Crippen MR) is 144 cm³/mol. The largest absolute Gasteiger partial charge is 0.340 e. The molecule has 0 unspecified atom stereocenters. The molecule has 0 spiro atoms. The Hall–Kier alpha value is -3.52. The number of hydrogen-bond donors (Lipinski definition) is 1. The summed E-state index contributed by atoms with van der Waals surface area (Å²) in [6.07, 6.45) is 10.4. The lowest BCUT2D eigenvalue weighted by molar-refractivity contribution is -0.125. The first-order chi connectivity index (χ1) is 17.4. The average Bonchev–Trinajstić information content (AvgIpc) is 3.36. The van der Waals surface area contributed by atoms with Gasteiger partial charge in [-0.3, -0.25) is 14.4 Å². The van der Waals surface area contributed by atoms with E-state index in [0.717, 1.165) is 61.7 Å². The molecule has 3 aromatic rings. The maximum absolute atomic E-state index is 12.2. The predicted octanol–water partition coefficient (Wildman–Crippen LogP) is 4.76. The number of benzene rings is 1. The van der Waals surface area contributed by atoms with E-state index in [2.05, 4.69) is 52.3 Å². The van der Waals surface area contributed by atoms with Crippen molar-refractivity contribution < 1.29 is 4.79 Å². The molecule has 0 atom stereocenters. The van der Waals surface area contributed by atoms with E-state index in [1.54, 1.807) is 6.08 Å². The van der Waals surface area contributed by atoms with Crippen molar-refractivity contribution in [3.8, 4) is 11.3 Å². The van der Waals surface area contributed by atoms with E-state index in [9.17, 15) is 4.79 Å². The van der Waals surface area contributed by atoms with Gasteiger partial charge in [-0.05, 0) is 69.9 Å². The van der Waals surface area contributed by atoms with Crippen LogP contribution in [-0.4, -0.2) is 61.6 Å². The van der Waals surface area contributed by atoms with Crippen LogP contribution in [0.5, 0.6) is 0 Å². The molecular weight excluding hydrogens is 450 g/mol. The van der Waals surface area contributed by atoms with Gasteiger partial charge in [0.25, 0.3) is 0 Å². The molecule has 0 aliphatic carbocycles. The van der Waals surface area contributed by atoms with Crippen molar-refractivity contribution in [1.29, 1.82) is 0 Å². The van der Waals surface area contributed by atoms with Crippen LogP contribution in [0, 0.1) is 6.92 Å². The van der Waals surface area contributed by atoms with E-state index in [1.165, 1.54) is 11.1 Å². The monoisotopic (exact) mass is 487 g/mol. The summed E-state index contributed by atoms with van der Waals surface area (Å²) in [4.78, 5) is 25.7. The van der Waals surface area contributed by atoms with Gasteiger partial charge in [0.05, 0.1) is 11.9 Å². The molecule has 8 nitrogen and oxygen atoms in total. The van der Waals surface area contributed by atoms with E-state index >= 15 is 0 Å². The van der Waals surface area contributed by atoms with E-state index in [-0.39, 0.29) is 5.91 Å². The highest BCUT2D eigenvalue weighted by Crippen LogP contribution is 2.26. The van der Waals surface area contributed by atoms with Gasteiger partial charge in [0.1, 0.15) is 0 Å². The Morgan fingerprint density at radius 2 is 2.00 bits per heavy atom. The molecular formula is C28H37N7O. The van der Waals surface area contributed by atoms with E-state index < -0.39 is 0 Å². The second-order valence-corrected chi connectivity index (χ2v) is 9.53. The van der Waals surface area contributed by atoms with Gasteiger partial charge >= 0.3 is 0 Å². The van der Waals surface area contributed by atoms with Crippen LogP contribution in [0.2, 0.25) is 0 Å². The van der Waals surface area contributed by atoms with E-state index in [4.69, 9.17) is 4.98 Å². The minimum absolute atomic E-state index is 0.0864. The summed E-state index contributed by atoms with van der Waals surface area (Å²) >= 11 is 0. The van der Waals surface area contributed by atoms with Gasteiger partial charge in [-0.25, -0.2) is 9.97 Å². The van der Waals surface area contributed by atoms with E-state index in [0.29, 0.717) is 12.0 Å². The molecule has 36 heavy (non-hydrogen) atoms. The number of nitrogens with zero attached hydrogens (tertiary/aromatic N) is 6. The summed E-state index contributed by atoms with van der Waals surface area (Å²) in [6, 6.07) is 6.76. The maximum Gasteiger partial charge on any atom is 0.246 e. The molecule has 1 aliphatic rings. The lowest BCUT2D eigenvalue weighted by Crippen LogP contribution is -2.31. The number of hydrogen-bond acceptors (Lipinski definition) is 6. The zero-order valence-electron chi connectivity index (χ0n) is 22.0. The quantitative estimate of drug-likeness (QED) is 0.439. The van der Waals surface area contributed by atoms with Crippen molar-refractivity contribution in [3.63, 3.8) is 0 Å². The zero-order chi connectivity index (χ0) is 25.7. The third kappa shape index (κ3) is 5.99. The van der Waals surface area contributed by atoms with Crippen LogP contribution in [0.1, 0.15) is 50.4 Å². The molecule has 1 N–H and O–H groups in total. The van der Waals surface area contributed by atoms with Gasteiger partial charge in [-0.1, -0.05) is 12.1 Å². The number of rotatable bonds is 9. The molecule has 1 aliphatic heterocycles. The standard InChI is InChI=1S/C28H37N7O/c1-6-34(7-2)26(36)9-8-13-33-14-12-22-15-25(11-10-23(22)18-33)31-28-29-16-21(5)27(32-28)24-17-30-35(19-24)20(3)4/h8-11,15-17,19-20H,6-7,12-14,18H2,1-5H3,(H,29,31,32)/b9-8+. The fraction of sp³-hybridized carbons (Fsp3) is 0.429. The Balaban J connectivity index is 1.40. The SMILES string of the molecule is CCN(CC)C(=O)/C=C/CN1CCc2cc(Nc3ncc(C)c(-c4cnn(C(C)C)c4)n3)ccc2C1. The fourth-order valence-electron chi connectivity index (χ4n) is 4.45. The van der Waals surface area contributed by atoms with Crippen LogP contribution in [0.15, 0.2) is 48.9 Å². The first kappa shape index (κ1) is 25.6. The molecule has 0 radical (unpaired) electrons. The third-order valence-corrected chi connectivity index (χ3v) is 6.63. The Morgan fingerprint density at radius 1 is 1.19 bits per heavy atom. The molecule has 2 aromatic heterocycles. The normalized spacial score (nSPS) is 13.8. The Labute approximate surface area is 214 Å². The number of likely N-dealkylation sites (N-methyl/N-ethyl adjacent to an activating group) is 1. The number of anilines is 2. The van der Waals surface area contributed by atoms with Gasteiger partial charge in [0.15, 0.2) is 0 Å². The van der Waals surface area contributed by atoms with E-state index in [1.807, 2.05) is 55.0 Å². The topological polar surface area (TPSA) is 79.2 Å². The second kappa shape index (κ2) is 11.5. The molecule has 190 valence electrons. The highest BCUT2D eigenvalue weighted by atomic mass is 16.2. The number of aryl methyl sites for hydroxylation is 1. The number of aromatic nitrogens is 4. The highest BCUT2D eigenvalue weighted by Gasteiger charge is 2.17. The minimum atomic E-state index is 0.0864. The number of carbonyl (C=O) groups excluding carboxylic acids is 1. The van der Waals surface area contributed by atoms with Gasteiger partial charge in [-0.15, -0.1) is 0 Å². The van der Waals surface area contributed by atoms with Gasteiger partial charge in [0, 0.05) is 68.5 Å². The molecule has 0 saturated heterocycles. The molecule has 0 fully saturated rings. The minimum Gasteiger partial charge on any atom is -0.340 e. The zero-order valence-corrected chi connectivity index (χ0v) is 22.0. The first-order valence-corrected chi connectivity index (χ1v) is 12.8. The van der Waals surface area contributed by atoms with Crippen molar-refractivity contribution in [2.45, 2.75) is 53.6 Å². The molecule has 3 heterocycles. The van der Waals surface area contributed by atoms with Crippen LogP contribution < -0.4 is 5.32 Å². The lowest BCUT2D eigenvalue weighted by atomic mass is 9.99. The summed E-state index contributed by atoms with van der Waals surface area (Å²) in [5.41, 5.74) is 6.54. The summed E-state index contributed by atoms with van der Waals surface area (Å²) in [6.45, 7) is 14.4. The van der Waals surface area contributed by atoms with Crippen molar-refractivity contribution >= 4 is 17.5 Å². The number of fused-ring (bicyclic) bond motifs is 1. The van der Waals surface area contributed by atoms with Crippen molar-refractivity contribution in [2.75, 3.05) is 31.5 Å². The van der Waals surface area contributed by atoms with Crippen molar-refractivity contribution in [2.24, 2.45) is 0 Å². The summed E-state index contributed by atoms with van der Waals surface area (Å²) in [5, 5.41) is 7.84. The lowest BCUT2D eigenvalue weighted by Gasteiger charge is -2.28. The number of nitrogens with one attached hydrogen (secondary N) is 1. The highest BCUT2D eigenvalue weighted by molar-refractivity contribution is 5.87. The van der Waals surface area contributed by atoms with Crippen LogP contribution in [0.4, 0.5) is 11.6 Å². The molecule has 0 bridgehead atoms. The van der Waals surface area contributed by atoms with Crippen LogP contribution in [-0.2, 0) is 17.8 Å². The van der Waals surface area contributed by atoms with Crippen molar-refractivity contribution in [3.05, 3.63) is 65.6 Å². The third-order valence-electron chi connectivity index (χ3n) is 6.63. The van der Waals surface area contributed by atoms with Crippen LogP contribution >= 0.6 is 0 Å². The Morgan fingerprint density at radius 3 is 2.72 bits per heavy atom. The number of amides is 1. The molecule has 4 rings (SSSR count). The van der Waals surface area contributed by atoms with Gasteiger partial charge in [0.2, 0.25) is 11.9 Å². The summed E-state index contributed by atoms with van der Waals surface area (Å²) < 4.78 is 1.94. The number of carbonyl (C=O) groups is 1. The first-order valence-electron chi connectivity index (χ1n) is 12.8. The fourth-order valence-corrected chi connectivity index (χ4v) is 4.45. The van der Waals surface area contributed by atoms with Crippen LogP contribution in [0.3, 0.4) is 0 Å².